The van der Waals surface area contributed by atoms with E-state index in [-0.39, 0.29) is 57.3 Å². The summed E-state index contributed by atoms with van der Waals surface area (Å²) in [6, 6.07) is 9.07. The van der Waals surface area contributed by atoms with Gasteiger partial charge in [0.25, 0.3) is 23.6 Å². The Hall–Kier alpha value is -4.79. The lowest BCUT2D eigenvalue weighted by atomic mass is 9.92. The maximum absolute atomic E-state index is 13.3. The second-order valence-electron chi connectivity index (χ2n) is 13.7. The van der Waals surface area contributed by atoms with Gasteiger partial charge in [0.15, 0.2) is 0 Å². The molecule has 2 aromatic carbocycles. The van der Waals surface area contributed by atoms with Crippen LogP contribution in [0.25, 0.3) is 0 Å². The monoisotopic (exact) mass is 748 g/mol. The van der Waals surface area contributed by atoms with Gasteiger partial charge in [0.2, 0.25) is 11.8 Å². The number of rotatable bonds is 9. The molecule has 16 heteroatoms. The standard InChI is InChI=1S/C36H38Cl2N8O6/c37-25-2-1-3-26(38)30(25)33(49)41-27-19-39-43-31(27)34(50)40-21-11-14-44(15-12-21)13-8-20-9-16-45(17-10-20)22-4-5-23-24(18-22)36(52)46(35(23)51)28-6-7-29(47)42-32(28)48/h1-5,18-21,28H,6-17H2,(H,39,43)(H,40,50)(H,41,49)(H,42,47,48). The lowest BCUT2D eigenvalue weighted by molar-refractivity contribution is -0.136. The van der Waals surface area contributed by atoms with Crippen LogP contribution >= 0.6 is 23.2 Å². The fourth-order valence-electron chi connectivity index (χ4n) is 7.51. The second-order valence-corrected chi connectivity index (χ2v) is 14.5. The first-order chi connectivity index (χ1) is 25.1. The van der Waals surface area contributed by atoms with E-state index in [4.69, 9.17) is 23.2 Å². The highest BCUT2D eigenvalue weighted by Crippen LogP contribution is 2.33. The van der Waals surface area contributed by atoms with E-state index in [1.807, 2.05) is 6.07 Å². The Bertz CT molecular complexity index is 1910. The molecule has 1 aromatic heterocycles. The minimum atomic E-state index is -0.980. The van der Waals surface area contributed by atoms with Gasteiger partial charge in [-0.2, -0.15) is 5.10 Å². The molecule has 0 spiro atoms. The number of benzene rings is 2. The summed E-state index contributed by atoms with van der Waals surface area (Å²) in [7, 11) is 0. The number of H-pyrrole nitrogens is 1. The minimum Gasteiger partial charge on any atom is -0.371 e. The molecule has 0 aliphatic carbocycles. The highest BCUT2D eigenvalue weighted by atomic mass is 35.5. The predicted molar refractivity (Wildman–Crippen MR) is 193 cm³/mol. The summed E-state index contributed by atoms with van der Waals surface area (Å²) in [4.78, 5) is 81.9. The van der Waals surface area contributed by atoms with Gasteiger partial charge in [-0.25, -0.2) is 0 Å². The van der Waals surface area contributed by atoms with E-state index in [0.717, 1.165) is 75.4 Å². The number of nitrogens with zero attached hydrogens (tertiary/aromatic N) is 4. The molecule has 5 heterocycles. The zero-order chi connectivity index (χ0) is 36.5. The molecule has 14 nitrogen and oxygen atoms in total. The lowest BCUT2D eigenvalue weighted by Gasteiger charge is -2.36. The molecule has 272 valence electrons. The van der Waals surface area contributed by atoms with Crippen molar-refractivity contribution in [3.05, 3.63) is 75.0 Å². The van der Waals surface area contributed by atoms with Crippen LogP contribution < -0.4 is 20.9 Å². The average molecular weight is 750 g/mol. The van der Waals surface area contributed by atoms with Crippen LogP contribution in [0.1, 0.15) is 86.5 Å². The molecule has 3 fully saturated rings. The average Bonchev–Trinajstić information content (AvgIpc) is 3.69. The van der Waals surface area contributed by atoms with Crippen molar-refractivity contribution < 1.29 is 28.8 Å². The van der Waals surface area contributed by atoms with Crippen molar-refractivity contribution in [3.8, 4) is 0 Å². The number of hydrogen-bond donors (Lipinski definition) is 4. The number of hydrogen-bond acceptors (Lipinski definition) is 9. The molecule has 0 radical (unpaired) electrons. The molecule has 4 N–H and O–H groups in total. The van der Waals surface area contributed by atoms with Crippen LogP contribution in [0, 0.1) is 5.92 Å². The molecule has 3 aromatic rings. The van der Waals surface area contributed by atoms with Gasteiger partial charge in [0.05, 0.1) is 38.6 Å². The highest BCUT2D eigenvalue weighted by Gasteiger charge is 2.45. The molecule has 0 saturated carbocycles. The Morgan fingerprint density at radius 1 is 0.865 bits per heavy atom. The van der Waals surface area contributed by atoms with E-state index in [2.05, 4.69) is 35.9 Å². The van der Waals surface area contributed by atoms with E-state index in [0.29, 0.717) is 11.5 Å². The topological polar surface area (TPSA) is 177 Å². The van der Waals surface area contributed by atoms with Crippen molar-refractivity contribution in [2.45, 2.75) is 57.0 Å². The Morgan fingerprint density at radius 2 is 1.58 bits per heavy atom. The van der Waals surface area contributed by atoms with Crippen LogP contribution in [0.4, 0.5) is 11.4 Å². The van der Waals surface area contributed by atoms with E-state index < -0.39 is 35.6 Å². The van der Waals surface area contributed by atoms with Crippen LogP contribution in [0.2, 0.25) is 10.0 Å². The van der Waals surface area contributed by atoms with Crippen molar-refractivity contribution in [2.24, 2.45) is 5.92 Å². The molecule has 4 aliphatic rings. The van der Waals surface area contributed by atoms with Gasteiger partial charge in [0, 0.05) is 44.3 Å². The smallest absolute Gasteiger partial charge is 0.271 e. The Balaban J connectivity index is 0.846. The largest absolute Gasteiger partial charge is 0.371 e. The summed E-state index contributed by atoms with van der Waals surface area (Å²) >= 11 is 12.3. The summed E-state index contributed by atoms with van der Waals surface area (Å²) < 4.78 is 0. The van der Waals surface area contributed by atoms with Crippen LogP contribution in [0.5, 0.6) is 0 Å². The molecule has 1 atom stereocenters. The van der Waals surface area contributed by atoms with Crippen molar-refractivity contribution >= 4 is 70.0 Å². The summed E-state index contributed by atoms with van der Waals surface area (Å²) in [6.07, 6.45) is 6.26. The van der Waals surface area contributed by atoms with E-state index in [9.17, 15) is 28.8 Å². The summed E-state index contributed by atoms with van der Waals surface area (Å²) in [6.45, 7) is 4.35. The molecular weight excluding hydrogens is 711 g/mol. The third kappa shape index (κ3) is 7.28. The molecule has 0 bridgehead atoms. The van der Waals surface area contributed by atoms with E-state index >= 15 is 0 Å². The number of amides is 6. The number of aromatic amines is 1. The number of fused-ring (bicyclic) bond motifs is 1. The first kappa shape index (κ1) is 35.6. The molecule has 4 aliphatic heterocycles. The molecule has 7 rings (SSSR count). The van der Waals surface area contributed by atoms with E-state index in [1.54, 1.807) is 30.3 Å². The number of piperidine rings is 3. The molecular formula is C36H38Cl2N8O6. The van der Waals surface area contributed by atoms with Gasteiger partial charge in [-0.05, 0) is 81.3 Å². The van der Waals surface area contributed by atoms with Gasteiger partial charge in [-0.1, -0.05) is 29.3 Å². The number of halogens is 2. The number of likely N-dealkylation sites (tertiary alicyclic amines) is 1. The number of aromatic nitrogens is 2. The number of anilines is 2. The van der Waals surface area contributed by atoms with Gasteiger partial charge in [0.1, 0.15) is 11.7 Å². The fraction of sp³-hybridized carbons (Fsp3) is 0.417. The Morgan fingerprint density at radius 3 is 2.29 bits per heavy atom. The lowest BCUT2D eigenvalue weighted by Crippen LogP contribution is -2.54. The number of carbonyl (C=O) groups excluding carboxylic acids is 6. The number of carbonyl (C=O) groups is 6. The van der Waals surface area contributed by atoms with Crippen molar-refractivity contribution in [3.63, 3.8) is 0 Å². The Labute approximate surface area is 309 Å². The van der Waals surface area contributed by atoms with Gasteiger partial charge >= 0.3 is 0 Å². The van der Waals surface area contributed by atoms with Gasteiger partial charge in [-0.3, -0.25) is 44.1 Å². The molecule has 3 saturated heterocycles. The van der Waals surface area contributed by atoms with Crippen LogP contribution in [-0.4, -0.2) is 100 Å². The zero-order valence-electron chi connectivity index (χ0n) is 28.3. The van der Waals surface area contributed by atoms with Crippen molar-refractivity contribution in [1.29, 1.82) is 0 Å². The maximum atomic E-state index is 13.3. The summed E-state index contributed by atoms with van der Waals surface area (Å²) in [5.41, 5.74) is 1.96. The van der Waals surface area contributed by atoms with Crippen LogP contribution in [0.3, 0.4) is 0 Å². The number of nitrogens with one attached hydrogen (secondary N) is 4. The van der Waals surface area contributed by atoms with Crippen molar-refractivity contribution in [2.75, 3.05) is 42.9 Å². The van der Waals surface area contributed by atoms with Gasteiger partial charge < -0.3 is 20.4 Å². The quantitative estimate of drug-likeness (QED) is 0.237. The fourth-order valence-corrected chi connectivity index (χ4v) is 8.08. The predicted octanol–water partition coefficient (Wildman–Crippen LogP) is 3.87. The normalized spacial score (nSPS) is 20.2. The zero-order valence-corrected chi connectivity index (χ0v) is 29.8. The molecule has 52 heavy (non-hydrogen) atoms. The van der Waals surface area contributed by atoms with Gasteiger partial charge in [-0.15, -0.1) is 0 Å². The first-order valence-corrected chi connectivity index (χ1v) is 18.3. The third-order valence-corrected chi connectivity index (χ3v) is 11.1. The second kappa shape index (κ2) is 15.1. The molecule has 6 amide bonds. The minimum absolute atomic E-state index is 0.0116. The summed E-state index contributed by atoms with van der Waals surface area (Å²) in [5, 5.41) is 15.0. The van der Waals surface area contributed by atoms with Crippen LogP contribution in [0.15, 0.2) is 42.6 Å². The van der Waals surface area contributed by atoms with Crippen LogP contribution in [-0.2, 0) is 9.59 Å². The summed E-state index contributed by atoms with van der Waals surface area (Å²) in [5.74, 6) is -2.35. The maximum Gasteiger partial charge on any atom is 0.271 e. The van der Waals surface area contributed by atoms with E-state index in [1.165, 1.54) is 6.20 Å². The SMILES string of the molecule is O=C1CCC(N2C(=O)c3ccc(N4CCC(CCN5CCC(NC(=O)c6[nH]ncc6NC(=O)c6c(Cl)cccc6Cl)CC5)CC4)cc3C2=O)C(=O)N1. The number of imide groups is 2. The Kier molecular flexibility index (Phi) is 10.3. The van der Waals surface area contributed by atoms with Crippen molar-refractivity contribution in [1.82, 2.24) is 30.6 Å². The highest BCUT2D eigenvalue weighted by molar-refractivity contribution is 6.40. The molecule has 1 unspecified atom stereocenters. The first-order valence-electron chi connectivity index (χ1n) is 17.5. The third-order valence-electron chi connectivity index (χ3n) is 10.5.